The highest BCUT2D eigenvalue weighted by Gasteiger charge is 2.21. The minimum absolute atomic E-state index is 0.326. The van der Waals surface area contributed by atoms with Gasteiger partial charge in [-0.25, -0.2) is 0 Å². The van der Waals surface area contributed by atoms with Gasteiger partial charge < -0.3 is 15.8 Å². The Labute approximate surface area is 118 Å². The van der Waals surface area contributed by atoms with Crippen molar-refractivity contribution >= 4 is 23.2 Å². The van der Waals surface area contributed by atoms with Gasteiger partial charge in [0.2, 0.25) is 5.91 Å². The fourth-order valence-corrected chi connectivity index (χ4v) is 2.80. The van der Waals surface area contributed by atoms with Crippen molar-refractivity contribution in [3.05, 3.63) is 28.8 Å². The van der Waals surface area contributed by atoms with Crippen molar-refractivity contribution in [3.8, 4) is 0 Å². The van der Waals surface area contributed by atoms with Gasteiger partial charge in [0.05, 0.1) is 16.7 Å². The van der Waals surface area contributed by atoms with Crippen molar-refractivity contribution in [1.29, 1.82) is 0 Å². The highest BCUT2D eigenvalue weighted by molar-refractivity contribution is 6.34. The Hall–Kier alpha value is -1.26. The lowest BCUT2D eigenvalue weighted by molar-refractivity contribution is 0.0669. The molecule has 0 heterocycles. The predicted octanol–water partition coefficient (Wildman–Crippen LogP) is 2.81. The Kier molecular flexibility index (Phi) is 4.66. The van der Waals surface area contributed by atoms with Gasteiger partial charge in [-0.2, -0.15) is 0 Å². The molecule has 19 heavy (non-hydrogen) atoms. The Bertz CT molecular complexity index is 465. The van der Waals surface area contributed by atoms with E-state index in [0.29, 0.717) is 22.7 Å². The van der Waals surface area contributed by atoms with Gasteiger partial charge in [-0.1, -0.05) is 11.6 Å². The molecule has 5 heteroatoms. The van der Waals surface area contributed by atoms with Crippen molar-refractivity contribution in [1.82, 2.24) is 0 Å². The number of anilines is 1. The number of methoxy groups -OCH3 is 1. The quantitative estimate of drug-likeness (QED) is 0.892. The van der Waals surface area contributed by atoms with Crippen LogP contribution < -0.4 is 11.1 Å². The van der Waals surface area contributed by atoms with Crippen LogP contribution in [0, 0.1) is 0 Å². The molecular weight excluding hydrogens is 264 g/mol. The first-order chi connectivity index (χ1) is 9.10. The molecule has 1 fully saturated rings. The molecule has 0 saturated heterocycles. The van der Waals surface area contributed by atoms with E-state index in [4.69, 9.17) is 22.1 Å². The SMILES string of the molecule is COC1CCCC(Nc2ccc(C(N)=O)c(Cl)c2)C1. The first-order valence-electron chi connectivity index (χ1n) is 6.49. The van der Waals surface area contributed by atoms with Gasteiger partial charge in [0, 0.05) is 18.8 Å². The maximum Gasteiger partial charge on any atom is 0.250 e. The summed E-state index contributed by atoms with van der Waals surface area (Å²) in [6.07, 6.45) is 4.71. The summed E-state index contributed by atoms with van der Waals surface area (Å²) >= 11 is 6.03. The van der Waals surface area contributed by atoms with Gasteiger partial charge in [0.25, 0.3) is 0 Å². The first kappa shape index (κ1) is 14.2. The van der Waals surface area contributed by atoms with Crippen LogP contribution >= 0.6 is 11.6 Å². The molecule has 2 rings (SSSR count). The summed E-state index contributed by atoms with van der Waals surface area (Å²) in [5.74, 6) is -0.506. The molecule has 0 radical (unpaired) electrons. The van der Waals surface area contributed by atoms with Crippen molar-refractivity contribution in [3.63, 3.8) is 0 Å². The molecule has 0 aromatic heterocycles. The Morgan fingerprint density at radius 1 is 1.47 bits per heavy atom. The van der Waals surface area contributed by atoms with Gasteiger partial charge in [-0.3, -0.25) is 4.79 Å². The lowest BCUT2D eigenvalue weighted by atomic mass is 9.92. The van der Waals surface area contributed by atoms with Crippen LogP contribution in [0.15, 0.2) is 18.2 Å². The maximum atomic E-state index is 11.1. The first-order valence-corrected chi connectivity index (χ1v) is 6.86. The summed E-state index contributed by atoms with van der Waals surface area (Å²) in [4.78, 5) is 11.1. The smallest absolute Gasteiger partial charge is 0.250 e. The molecule has 2 unspecified atom stereocenters. The summed E-state index contributed by atoms with van der Waals surface area (Å²) in [6.45, 7) is 0. The van der Waals surface area contributed by atoms with E-state index in [-0.39, 0.29) is 0 Å². The molecule has 0 spiro atoms. The number of rotatable bonds is 4. The number of carbonyl (C=O) groups is 1. The highest BCUT2D eigenvalue weighted by Crippen LogP contribution is 2.26. The summed E-state index contributed by atoms with van der Waals surface area (Å²) in [5.41, 5.74) is 6.49. The molecular formula is C14H19ClN2O2. The molecule has 2 atom stereocenters. The largest absolute Gasteiger partial charge is 0.382 e. The number of halogens is 1. The van der Waals surface area contributed by atoms with E-state index in [1.54, 1.807) is 19.2 Å². The van der Waals surface area contributed by atoms with Gasteiger partial charge in [0.15, 0.2) is 0 Å². The third-order valence-corrected chi connectivity index (χ3v) is 3.88. The van der Waals surface area contributed by atoms with Crippen LogP contribution in [0.25, 0.3) is 0 Å². The Morgan fingerprint density at radius 3 is 2.89 bits per heavy atom. The lowest BCUT2D eigenvalue weighted by Gasteiger charge is -2.29. The van der Waals surface area contributed by atoms with Crippen molar-refractivity contribution < 1.29 is 9.53 Å². The number of hydrogen-bond donors (Lipinski definition) is 2. The van der Waals surface area contributed by atoms with Crippen LogP contribution in [0.3, 0.4) is 0 Å². The second-order valence-electron chi connectivity index (χ2n) is 4.92. The van der Waals surface area contributed by atoms with Crippen LogP contribution in [0.2, 0.25) is 5.02 Å². The van der Waals surface area contributed by atoms with Crippen LogP contribution in [0.1, 0.15) is 36.0 Å². The second-order valence-corrected chi connectivity index (χ2v) is 5.33. The highest BCUT2D eigenvalue weighted by atomic mass is 35.5. The number of amides is 1. The van der Waals surface area contributed by atoms with Crippen molar-refractivity contribution in [2.24, 2.45) is 5.73 Å². The molecule has 1 aliphatic carbocycles. The molecule has 1 aromatic carbocycles. The predicted molar refractivity (Wildman–Crippen MR) is 76.6 cm³/mol. The molecule has 0 bridgehead atoms. The van der Waals surface area contributed by atoms with Crippen LogP contribution in [-0.4, -0.2) is 25.2 Å². The van der Waals surface area contributed by atoms with Gasteiger partial charge in [-0.15, -0.1) is 0 Å². The van der Waals surface area contributed by atoms with Crippen LogP contribution in [-0.2, 0) is 4.74 Å². The molecule has 1 amide bonds. The summed E-state index contributed by atoms with van der Waals surface area (Å²) in [6, 6.07) is 5.62. The third kappa shape index (κ3) is 3.61. The molecule has 3 N–H and O–H groups in total. The summed E-state index contributed by atoms with van der Waals surface area (Å²) in [7, 11) is 1.76. The van der Waals surface area contributed by atoms with Crippen molar-refractivity contribution in [2.75, 3.05) is 12.4 Å². The zero-order valence-corrected chi connectivity index (χ0v) is 11.7. The topological polar surface area (TPSA) is 64.3 Å². The standard InChI is InChI=1S/C14H19ClN2O2/c1-19-11-4-2-3-9(7-11)17-10-5-6-12(14(16)18)13(15)8-10/h5-6,8-9,11,17H,2-4,7H2,1H3,(H2,16,18). The van der Waals surface area contributed by atoms with E-state index in [0.717, 1.165) is 31.4 Å². The lowest BCUT2D eigenvalue weighted by Crippen LogP contribution is -2.31. The fourth-order valence-electron chi connectivity index (χ4n) is 2.53. The molecule has 1 aliphatic rings. The average Bonchev–Trinajstić information content (AvgIpc) is 2.38. The third-order valence-electron chi connectivity index (χ3n) is 3.56. The minimum Gasteiger partial charge on any atom is -0.382 e. The summed E-state index contributed by atoms with van der Waals surface area (Å²) < 4.78 is 5.41. The van der Waals surface area contributed by atoms with Gasteiger partial charge in [0.1, 0.15) is 0 Å². The van der Waals surface area contributed by atoms with E-state index in [1.807, 2.05) is 6.07 Å². The Morgan fingerprint density at radius 2 is 2.26 bits per heavy atom. The molecule has 104 valence electrons. The maximum absolute atomic E-state index is 11.1. The molecule has 0 aliphatic heterocycles. The molecule has 4 nitrogen and oxygen atoms in total. The van der Waals surface area contributed by atoms with Crippen LogP contribution in [0.4, 0.5) is 5.69 Å². The van der Waals surface area contributed by atoms with Gasteiger partial charge in [-0.05, 0) is 43.9 Å². The zero-order valence-electron chi connectivity index (χ0n) is 11.0. The van der Waals surface area contributed by atoms with Gasteiger partial charge >= 0.3 is 0 Å². The minimum atomic E-state index is -0.506. The number of benzene rings is 1. The van der Waals surface area contributed by atoms with Crippen LogP contribution in [0.5, 0.6) is 0 Å². The number of primary amides is 1. The van der Waals surface area contributed by atoms with E-state index < -0.39 is 5.91 Å². The number of hydrogen-bond acceptors (Lipinski definition) is 3. The number of nitrogens with one attached hydrogen (secondary N) is 1. The summed E-state index contributed by atoms with van der Waals surface area (Å²) in [5, 5.41) is 3.82. The monoisotopic (exact) mass is 282 g/mol. The van der Waals surface area contributed by atoms with E-state index >= 15 is 0 Å². The number of nitrogens with two attached hydrogens (primary N) is 1. The number of carbonyl (C=O) groups excluding carboxylic acids is 1. The fraction of sp³-hybridized carbons (Fsp3) is 0.500. The zero-order chi connectivity index (χ0) is 13.8. The average molecular weight is 283 g/mol. The number of ether oxygens (including phenoxy) is 1. The molecule has 1 aromatic rings. The van der Waals surface area contributed by atoms with E-state index in [1.165, 1.54) is 0 Å². The molecule has 1 saturated carbocycles. The normalized spacial score (nSPS) is 23.1. The van der Waals surface area contributed by atoms with E-state index in [2.05, 4.69) is 5.32 Å². The van der Waals surface area contributed by atoms with Crippen molar-refractivity contribution in [2.45, 2.75) is 37.8 Å². The Balaban J connectivity index is 2.03. The van der Waals surface area contributed by atoms with E-state index in [9.17, 15) is 4.79 Å². The second kappa shape index (κ2) is 6.26.